The molecule has 1 N–H and O–H groups in total. The van der Waals surface area contributed by atoms with Crippen LogP contribution in [0.25, 0.3) is 0 Å². The molecule has 74 valence electrons. The van der Waals surface area contributed by atoms with E-state index < -0.39 is 17.7 Å². The summed E-state index contributed by atoms with van der Waals surface area (Å²) < 4.78 is 4.37. The Kier molecular flexibility index (Phi) is 2.71. The number of ether oxygens (including phenoxy) is 1. The van der Waals surface area contributed by atoms with Crippen LogP contribution in [0.2, 0.25) is 0 Å². The van der Waals surface area contributed by atoms with Gasteiger partial charge in [-0.05, 0) is 12.1 Å². The molecule has 0 fully saturated rings. The first kappa shape index (κ1) is 10.0. The lowest BCUT2D eigenvalue weighted by molar-refractivity contribution is -0.268. The normalized spacial score (nSPS) is 9.50. The van der Waals surface area contributed by atoms with Gasteiger partial charge in [0.05, 0.1) is 18.2 Å². The Morgan fingerprint density at radius 2 is 2.07 bits per heavy atom. The van der Waals surface area contributed by atoms with Crippen LogP contribution in [0.5, 0.6) is 5.75 Å². The number of carboxylic acid groups (broad SMARTS) is 1. The summed E-state index contributed by atoms with van der Waals surface area (Å²) in [4.78, 5) is 21.4. The van der Waals surface area contributed by atoms with Crippen LogP contribution in [0.3, 0.4) is 0 Å². The molecule has 0 atom stereocenters. The fourth-order valence-electron chi connectivity index (χ4n) is 0.944. The van der Waals surface area contributed by atoms with Gasteiger partial charge in [0.1, 0.15) is 0 Å². The standard InChI is InChI=1S/C9H8O5/c1-14-9(13)5-2-3-6(8(11)12)7(10)4-5/h2-4,10H,1H3,(H,11,12)/p-1. The van der Waals surface area contributed by atoms with Crippen molar-refractivity contribution in [1.82, 2.24) is 0 Å². The van der Waals surface area contributed by atoms with Gasteiger partial charge < -0.3 is 14.9 Å². The highest BCUT2D eigenvalue weighted by molar-refractivity contribution is 5.94. The molecule has 0 aliphatic rings. The molecule has 0 heterocycles. The summed E-state index contributed by atoms with van der Waals surface area (Å²) in [6.45, 7) is 0. The first-order chi connectivity index (χ1) is 6.56. The second-order valence-corrected chi connectivity index (χ2v) is 2.51. The van der Waals surface area contributed by atoms with Crippen molar-refractivity contribution in [1.29, 1.82) is 0 Å². The van der Waals surface area contributed by atoms with Gasteiger partial charge in [0, 0.05) is 0 Å². The van der Waals surface area contributed by atoms with Crippen LogP contribution in [-0.2, 0) is 4.74 Å². The second-order valence-electron chi connectivity index (χ2n) is 2.51. The van der Waals surface area contributed by atoms with Crippen LogP contribution < -0.4 is 5.11 Å². The lowest BCUT2D eigenvalue weighted by Crippen LogP contribution is -2.07. The Morgan fingerprint density at radius 3 is 2.50 bits per heavy atom. The number of benzene rings is 1. The van der Waals surface area contributed by atoms with Gasteiger partial charge in [0.15, 0.2) is 0 Å². The molecule has 0 bridgehead atoms. The molecule has 0 amide bonds. The highest BCUT2D eigenvalue weighted by atomic mass is 16.5. The van der Waals surface area contributed by atoms with E-state index in [1.165, 1.54) is 13.2 Å². The number of carboxylic acids is 1. The van der Waals surface area contributed by atoms with Gasteiger partial charge in [-0.15, -0.1) is 0 Å². The lowest BCUT2D eigenvalue weighted by atomic mass is 10.1. The molecule has 0 aliphatic heterocycles. The molecule has 0 aromatic heterocycles. The highest BCUT2D eigenvalue weighted by Gasteiger charge is 2.08. The van der Waals surface area contributed by atoms with Crippen molar-refractivity contribution in [2.75, 3.05) is 7.11 Å². The predicted octanol–water partition coefficient (Wildman–Crippen LogP) is 0.245. The van der Waals surface area contributed by atoms with Gasteiger partial charge >= 0.3 is 11.9 Å². The van der Waals surface area contributed by atoms with E-state index >= 15 is 0 Å². The molecule has 0 saturated heterocycles. The van der Waals surface area contributed by atoms with Gasteiger partial charge in [-0.1, -0.05) is 11.8 Å². The quantitative estimate of drug-likeness (QED) is 0.683. The summed E-state index contributed by atoms with van der Waals surface area (Å²) in [5.41, 5.74) is -0.319. The third-order valence-electron chi connectivity index (χ3n) is 1.63. The zero-order valence-corrected chi connectivity index (χ0v) is 7.31. The van der Waals surface area contributed by atoms with Crippen LogP contribution in [0, 0.1) is 0 Å². The van der Waals surface area contributed by atoms with E-state index in [1.807, 2.05) is 0 Å². The molecule has 5 heteroatoms. The van der Waals surface area contributed by atoms with E-state index in [4.69, 9.17) is 5.11 Å². The SMILES string of the molecule is COC(=O)c1ccc(C(=O)O)c([O-])c1. The first-order valence-corrected chi connectivity index (χ1v) is 3.69. The van der Waals surface area contributed by atoms with E-state index in [9.17, 15) is 14.7 Å². The summed E-state index contributed by atoms with van der Waals surface area (Å²) >= 11 is 0. The Labute approximate surface area is 79.6 Å². The molecule has 5 nitrogen and oxygen atoms in total. The Bertz CT molecular complexity index is 383. The number of hydrogen-bond acceptors (Lipinski definition) is 4. The number of esters is 1. The van der Waals surface area contributed by atoms with Crippen LogP contribution >= 0.6 is 0 Å². The minimum Gasteiger partial charge on any atom is -0.872 e. The maximum Gasteiger partial charge on any atom is 0.337 e. The van der Waals surface area contributed by atoms with Crippen molar-refractivity contribution in [2.24, 2.45) is 0 Å². The summed E-state index contributed by atoms with van der Waals surface area (Å²) in [7, 11) is 1.18. The van der Waals surface area contributed by atoms with Crippen LogP contribution in [0.1, 0.15) is 20.7 Å². The van der Waals surface area contributed by atoms with Crippen molar-refractivity contribution in [3.05, 3.63) is 29.3 Å². The van der Waals surface area contributed by atoms with Crippen LogP contribution in [0.15, 0.2) is 18.2 Å². The maximum absolute atomic E-state index is 11.1. The summed E-state index contributed by atoms with van der Waals surface area (Å²) in [5.74, 6) is -2.69. The fraction of sp³-hybridized carbons (Fsp3) is 0.111. The molecular weight excluding hydrogens is 188 g/mol. The number of methoxy groups -OCH3 is 1. The number of carbonyl (C=O) groups is 2. The van der Waals surface area contributed by atoms with Gasteiger partial charge in [0.2, 0.25) is 0 Å². The molecule has 0 aliphatic carbocycles. The van der Waals surface area contributed by atoms with E-state index in [-0.39, 0.29) is 11.1 Å². The molecule has 0 unspecified atom stereocenters. The first-order valence-electron chi connectivity index (χ1n) is 3.69. The van der Waals surface area contributed by atoms with Gasteiger partial charge in [-0.25, -0.2) is 9.59 Å². The lowest BCUT2D eigenvalue weighted by Gasteiger charge is -2.10. The predicted molar refractivity (Wildman–Crippen MR) is 44.2 cm³/mol. The van der Waals surface area contributed by atoms with E-state index in [1.54, 1.807) is 0 Å². The number of aromatic carboxylic acids is 1. The summed E-state index contributed by atoms with van der Waals surface area (Å²) in [6, 6.07) is 3.25. The van der Waals surface area contributed by atoms with Crippen molar-refractivity contribution in [3.8, 4) is 5.75 Å². The number of carbonyl (C=O) groups excluding carboxylic acids is 1. The maximum atomic E-state index is 11.1. The number of rotatable bonds is 2. The molecule has 1 aromatic carbocycles. The van der Waals surface area contributed by atoms with Gasteiger partial charge in [-0.2, -0.15) is 0 Å². The summed E-state index contributed by atoms with van der Waals surface area (Å²) in [5, 5.41) is 19.6. The van der Waals surface area contributed by atoms with Crippen LogP contribution in [0.4, 0.5) is 0 Å². The van der Waals surface area contributed by atoms with Crippen molar-refractivity contribution in [3.63, 3.8) is 0 Å². The van der Waals surface area contributed by atoms with E-state index in [0.29, 0.717) is 0 Å². The third kappa shape index (κ3) is 1.82. The largest absolute Gasteiger partial charge is 0.872 e. The van der Waals surface area contributed by atoms with Crippen molar-refractivity contribution < 1.29 is 24.5 Å². The molecule has 1 aromatic rings. The second kappa shape index (κ2) is 3.78. The third-order valence-corrected chi connectivity index (χ3v) is 1.63. The smallest absolute Gasteiger partial charge is 0.337 e. The average Bonchev–Trinajstić information content (AvgIpc) is 2.15. The molecule has 1 rings (SSSR count). The Balaban J connectivity index is 3.12. The van der Waals surface area contributed by atoms with Crippen molar-refractivity contribution >= 4 is 11.9 Å². The van der Waals surface area contributed by atoms with Crippen LogP contribution in [-0.4, -0.2) is 24.2 Å². The minimum absolute atomic E-state index is 0.0440. The number of hydrogen-bond donors (Lipinski definition) is 1. The van der Waals surface area contributed by atoms with Gasteiger partial charge in [-0.3, -0.25) is 0 Å². The Morgan fingerprint density at radius 1 is 1.43 bits per heavy atom. The average molecular weight is 195 g/mol. The highest BCUT2D eigenvalue weighted by Crippen LogP contribution is 2.16. The fourth-order valence-corrected chi connectivity index (χ4v) is 0.944. The molecule has 0 spiro atoms. The zero-order valence-electron chi connectivity index (χ0n) is 7.31. The monoisotopic (exact) mass is 195 g/mol. The van der Waals surface area contributed by atoms with E-state index in [2.05, 4.69) is 4.74 Å². The van der Waals surface area contributed by atoms with E-state index in [0.717, 1.165) is 12.1 Å². The molecule has 0 saturated carbocycles. The van der Waals surface area contributed by atoms with Gasteiger partial charge in [0.25, 0.3) is 0 Å². The minimum atomic E-state index is -1.31. The zero-order chi connectivity index (χ0) is 10.7. The molecular formula is C9H7O5-. The summed E-state index contributed by atoms with van der Waals surface area (Å²) in [6.07, 6.45) is 0. The van der Waals surface area contributed by atoms with Crippen molar-refractivity contribution in [2.45, 2.75) is 0 Å². The Hall–Kier alpha value is -2.04. The molecule has 14 heavy (non-hydrogen) atoms. The topological polar surface area (TPSA) is 86.7 Å². The molecule has 0 radical (unpaired) electrons.